The Bertz CT molecular complexity index is 506. The molecule has 0 heterocycles. The van der Waals surface area contributed by atoms with Crippen molar-refractivity contribution in [3.63, 3.8) is 0 Å². The molecule has 3 atom stereocenters. The van der Waals surface area contributed by atoms with E-state index in [0.29, 0.717) is 17.4 Å². The predicted octanol–water partition coefficient (Wildman–Crippen LogP) is 3.77. The fraction of sp³-hybridized carbons (Fsp3) is 0.556. The molecule has 0 radical (unpaired) electrons. The molecular weight excluding hydrogens is 264 g/mol. The van der Waals surface area contributed by atoms with E-state index in [-0.39, 0.29) is 6.10 Å². The Labute approximate surface area is 125 Å². The first-order chi connectivity index (χ1) is 10.3. The maximum absolute atomic E-state index is 12.1. The average Bonchev–Trinajstić information content (AvgIpc) is 2.55. The predicted molar refractivity (Wildman–Crippen MR) is 80.0 cm³/mol. The van der Waals surface area contributed by atoms with Crippen LogP contribution in [0.5, 0.6) is 0 Å². The van der Waals surface area contributed by atoms with Crippen LogP contribution in [0.4, 0.5) is 0 Å². The molecule has 0 N–H and O–H groups in total. The van der Waals surface area contributed by atoms with Crippen molar-refractivity contribution < 1.29 is 14.3 Å². The molecule has 2 saturated carbocycles. The average molecular weight is 286 g/mol. The molecule has 1 aromatic carbocycles. The molecule has 112 valence electrons. The Balaban J connectivity index is 1.65. The minimum Gasteiger partial charge on any atom is -0.456 e. The molecule has 3 heteroatoms. The van der Waals surface area contributed by atoms with Crippen molar-refractivity contribution >= 4 is 11.8 Å². The van der Waals surface area contributed by atoms with Gasteiger partial charge in [0.2, 0.25) is 0 Å². The molecular formula is C18H22O3. The highest BCUT2D eigenvalue weighted by Crippen LogP contribution is 2.41. The Morgan fingerprint density at radius 1 is 0.905 bits per heavy atom. The third-order valence-corrected chi connectivity index (χ3v) is 4.99. The van der Waals surface area contributed by atoms with Gasteiger partial charge < -0.3 is 4.74 Å². The zero-order valence-electron chi connectivity index (χ0n) is 12.3. The fourth-order valence-corrected chi connectivity index (χ4v) is 3.92. The summed E-state index contributed by atoms with van der Waals surface area (Å²) in [6.07, 6.45) is 8.14. The number of carbonyl (C=O) groups is 2. The van der Waals surface area contributed by atoms with Crippen molar-refractivity contribution in [2.24, 2.45) is 11.8 Å². The molecule has 1 unspecified atom stereocenters. The van der Waals surface area contributed by atoms with Crippen LogP contribution in [0.3, 0.4) is 0 Å². The van der Waals surface area contributed by atoms with E-state index in [1.807, 2.05) is 6.07 Å². The lowest BCUT2D eigenvalue weighted by Crippen LogP contribution is -2.39. The molecule has 0 amide bonds. The summed E-state index contributed by atoms with van der Waals surface area (Å²) in [5.74, 6) is -0.0388. The third-order valence-electron chi connectivity index (χ3n) is 4.99. The van der Waals surface area contributed by atoms with Gasteiger partial charge in [0, 0.05) is 5.56 Å². The van der Waals surface area contributed by atoms with Crippen LogP contribution in [0.1, 0.15) is 55.3 Å². The topological polar surface area (TPSA) is 43.4 Å². The van der Waals surface area contributed by atoms with E-state index in [1.54, 1.807) is 24.3 Å². The lowest BCUT2D eigenvalue weighted by molar-refractivity contribution is -0.150. The highest BCUT2D eigenvalue weighted by atomic mass is 16.5. The zero-order chi connectivity index (χ0) is 14.7. The fourth-order valence-electron chi connectivity index (χ4n) is 3.92. The van der Waals surface area contributed by atoms with Gasteiger partial charge in [-0.3, -0.25) is 4.79 Å². The van der Waals surface area contributed by atoms with E-state index < -0.39 is 11.8 Å². The summed E-state index contributed by atoms with van der Waals surface area (Å²) in [5.41, 5.74) is 0.415. The van der Waals surface area contributed by atoms with Gasteiger partial charge in [-0.05, 0) is 37.5 Å². The van der Waals surface area contributed by atoms with Gasteiger partial charge in [0.15, 0.2) is 0 Å². The Morgan fingerprint density at radius 3 is 2.43 bits per heavy atom. The number of esters is 1. The molecule has 2 fully saturated rings. The van der Waals surface area contributed by atoms with E-state index in [0.717, 1.165) is 19.3 Å². The van der Waals surface area contributed by atoms with Gasteiger partial charge in [0.1, 0.15) is 6.10 Å². The van der Waals surface area contributed by atoms with Crippen LogP contribution in [0, 0.1) is 11.8 Å². The van der Waals surface area contributed by atoms with Gasteiger partial charge in [0.05, 0.1) is 0 Å². The summed E-state index contributed by atoms with van der Waals surface area (Å²) >= 11 is 0. The Morgan fingerprint density at radius 2 is 1.62 bits per heavy atom. The van der Waals surface area contributed by atoms with Crippen molar-refractivity contribution in [2.75, 3.05) is 0 Å². The first kappa shape index (κ1) is 14.3. The largest absolute Gasteiger partial charge is 0.456 e. The number of carbonyl (C=O) groups excluding carboxylic acids is 2. The van der Waals surface area contributed by atoms with Crippen molar-refractivity contribution in [3.05, 3.63) is 35.9 Å². The first-order valence-corrected chi connectivity index (χ1v) is 8.06. The number of fused-ring (bicyclic) bond motifs is 1. The minimum absolute atomic E-state index is 0.0517. The lowest BCUT2D eigenvalue weighted by Gasteiger charge is -2.40. The van der Waals surface area contributed by atoms with Gasteiger partial charge >= 0.3 is 5.97 Å². The van der Waals surface area contributed by atoms with Crippen LogP contribution in [0.15, 0.2) is 30.3 Å². The Hall–Kier alpha value is -1.64. The van der Waals surface area contributed by atoms with E-state index in [2.05, 4.69) is 0 Å². The van der Waals surface area contributed by atoms with Gasteiger partial charge in [-0.2, -0.15) is 0 Å². The summed E-state index contributed by atoms with van der Waals surface area (Å²) in [4.78, 5) is 24.2. The molecule has 0 aromatic heterocycles. The van der Waals surface area contributed by atoms with Gasteiger partial charge in [-0.25, -0.2) is 4.79 Å². The summed E-state index contributed by atoms with van der Waals surface area (Å²) in [7, 11) is 0. The minimum atomic E-state index is -0.683. The van der Waals surface area contributed by atoms with E-state index in [9.17, 15) is 9.59 Å². The lowest BCUT2D eigenvalue weighted by atomic mass is 9.69. The van der Waals surface area contributed by atoms with Gasteiger partial charge in [-0.1, -0.05) is 49.6 Å². The maximum atomic E-state index is 12.1. The van der Waals surface area contributed by atoms with Gasteiger partial charge in [-0.15, -0.1) is 0 Å². The number of ether oxygens (including phenoxy) is 1. The van der Waals surface area contributed by atoms with Crippen molar-refractivity contribution in [2.45, 2.75) is 51.0 Å². The highest BCUT2D eigenvalue weighted by molar-refractivity contribution is 6.40. The molecule has 0 aliphatic heterocycles. The van der Waals surface area contributed by atoms with Crippen LogP contribution >= 0.6 is 0 Å². The van der Waals surface area contributed by atoms with Crippen LogP contribution < -0.4 is 0 Å². The number of rotatable bonds is 3. The number of benzene rings is 1. The van der Waals surface area contributed by atoms with E-state index in [4.69, 9.17) is 4.74 Å². The van der Waals surface area contributed by atoms with Crippen LogP contribution in [-0.4, -0.2) is 17.9 Å². The van der Waals surface area contributed by atoms with Gasteiger partial charge in [0.25, 0.3) is 5.78 Å². The summed E-state index contributed by atoms with van der Waals surface area (Å²) in [6.45, 7) is 0. The molecule has 2 aliphatic rings. The summed E-state index contributed by atoms with van der Waals surface area (Å²) in [6, 6.07) is 8.67. The monoisotopic (exact) mass is 286 g/mol. The molecule has 0 saturated heterocycles. The van der Waals surface area contributed by atoms with Crippen molar-refractivity contribution in [1.82, 2.24) is 0 Å². The maximum Gasteiger partial charge on any atom is 0.379 e. The van der Waals surface area contributed by atoms with Crippen LogP contribution in [0.25, 0.3) is 0 Å². The molecule has 0 bridgehead atoms. The highest BCUT2D eigenvalue weighted by Gasteiger charge is 2.37. The second kappa shape index (κ2) is 6.42. The molecule has 3 rings (SSSR count). The molecule has 0 spiro atoms. The second-order valence-electron chi connectivity index (χ2n) is 6.28. The molecule has 2 aliphatic carbocycles. The normalized spacial score (nSPS) is 28.5. The number of hydrogen-bond donors (Lipinski definition) is 0. The van der Waals surface area contributed by atoms with Crippen LogP contribution in [0.2, 0.25) is 0 Å². The molecule has 21 heavy (non-hydrogen) atoms. The second-order valence-corrected chi connectivity index (χ2v) is 6.28. The van der Waals surface area contributed by atoms with Crippen molar-refractivity contribution in [3.8, 4) is 0 Å². The van der Waals surface area contributed by atoms with Crippen molar-refractivity contribution in [1.29, 1.82) is 0 Å². The number of Topliss-reactive ketones (excluding diaryl/α,β-unsaturated/α-hetero) is 1. The van der Waals surface area contributed by atoms with E-state index >= 15 is 0 Å². The van der Waals surface area contributed by atoms with Crippen LogP contribution in [-0.2, 0) is 9.53 Å². The smallest absolute Gasteiger partial charge is 0.379 e. The van der Waals surface area contributed by atoms with E-state index in [1.165, 1.54) is 25.7 Å². The Kier molecular flexibility index (Phi) is 4.37. The molecule has 3 nitrogen and oxygen atoms in total. The third kappa shape index (κ3) is 3.17. The zero-order valence-corrected chi connectivity index (χ0v) is 12.3. The molecule has 1 aromatic rings. The standard InChI is InChI=1S/C18H22O3/c19-17(14-8-2-1-3-9-14)18(20)21-16-12-6-10-13-7-4-5-11-15(13)16/h1-3,8-9,13,15-16H,4-7,10-12H2/t13-,15-,16?/m0/s1. The first-order valence-electron chi connectivity index (χ1n) is 8.06. The summed E-state index contributed by atoms with van der Waals surface area (Å²) < 4.78 is 5.59. The SMILES string of the molecule is O=C(OC1CCC[C@@H]2CCCC[C@H]12)C(=O)c1ccccc1. The number of ketones is 1. The number of hydrogen-bond acceptors (Lipinski definition) is 3. The quantitative estimate of drug-likeness (QED) is 0.482. The summed E-state index contributed by atoms with van der Waals surface area (Å²) in [5, 5.41) is 0.